The summed E-state index contributed by atoms with van der Waals surface area (Å²) in [7, 11) is -3.36. The van der Waals surface area contributed by atoms with Gasteiger partial charge in [0.2, 0.25) is 0 Å². The smallest absolute Gasteiger partial charge is 0.262 e. The van der Waals surface area contributed by atoms with Crippen molar-refractivity contribution < 1.29 is 12.6 Å². The molecule has 1 aliphatic rings. The zero-order chi connectivity index (χ0) is 11.1. The molecule has 0 saturated heterocycles. The van der Waals surface area contributed by atoms with E-state index in [1.54, 1.807) is 0 Å². The molecule has 82 valence electrons. The van der Waals surface area contributed by atoms with E-state index in [0.29, 0.717) is 0 Å². The Bertz CT molecular complexity index is 477. The SMILES string of the molecule is Cc1ccc2c(c1)C(OS(C)(=O)=O)CC2. The van der Waals surface area contributed by atoms with Crippen molar-refractivity contribution in [1.82, 2.24) is 0 Å². The quantitative estimate of drug-likeness (QED) is 0.724. The summed E-state index contributed by atoms with van der Waals surface area (Å²) in [4.78, 5) is 0. The van der Waals surface area contributed by atoms with Crippen LogP contribution in [0.15, 0.2) is 18.2 Å². The number of fused-ring (bicyclic) bond motifs is 1. The molecule has 0 aromatic heterocycles. The van der Waals surface area contributed by atoms with Gasteiger partial charge < -0.3 is 0 Å². The van der Waals surface area contributed by atoms with E-state index in [1.165, 1.54) is 5.56 Å². The summed E-state index contributed by atoms with van der Waals surface area (Å²) in [6.07, 6.45) is 2.47. The summed E-state index contributed by atoms with van der Waals surface area (Å²) in [5.41, 5.74) is 3.37. The Kier molecular flexibility index (Phi) is 2.56. The molecule has 0 N–H and O–H groups in total. The van der Waals surface area contributed by atoms with E-state index in [2.05, 4.69) is 6.07 Å². The summed E-state index contributed by atoms with van der Waals surface area (Å²) < 4.78 is 27.2. The maximum absolute atomic E-state index is 11.1. The molecule has 1 aromatic carbocycles. The first-order valence-electron chi connectivity index (χ1n) is 4.93. The Labute approximate surface area is 90.2 Å². The number of rotatable bonds is 2. The molecule has 2 rings (SSSR count). The van der Waals surface area contributed by atoms with Gasteiger partial charge >= 0.3 is 0 Å². The van der Waals surface area contributed by atoms with Crippen molar-refractivity contribution >= 4 is 10.1 Å². The third-order valence-electron chi connectivity index (χ3n) is 2.62. The highest BCUT2D eigenvalue weighted by Gasteiger charge is 2.26. The summed E-state index contributed by atoms with van der Waals surface area (Å²) >= 11 is 0. The van der Waals surface area contributed by atoms with E-state index in [4.69, 9.17) is 4.18 Å². The third-order valence-corrected chi connectivity index (χ3v) is 3.20. The van der Waals surface area contributed by atoms with Crippen molar-refractivity contribution in [2.45, 2.75) is 25.9 Å². The Balaban J connectivity index is 2.32. The molecule has 3 nitrogen and oxygen atoms in total. The molecule has 0 aliphatic heterocycles. The largest absolute Gasteiger partial charge is 0.264 e. The first kappa shape index (κ1) is 10.6. The van der Waals surface area contributed by atoms with E-state index in [1.807, 2.05) is 19.1 Å². The van der Waals surface area contributed by atoms with Crippen molar-refractivity contribution in [3.05, 3.63) is 34.9 Å². The van der Waals surface area contributed by atoms with Crippen LogP contribution in [-0.2, 0) is 20.7 Å². The van der Waals surface area contributed by atoms with Crippen LogP contribution >= 0.6 is 0 Å². The third kappa shape index (κ3) is 2.38. The Morgan fingerprint density at radius 2 is 2.13 bits per heavy atom. The highest BCUT2D eigenvalue weighted by Crippen LogP contribution is 2.35. The monoisotopic (exact) mass is 226 g/mol. The zero-order valence-electron chi connectivity index (χ0n) is 8.86. The average Bonchev–Trinajstić information content (AvgIpc) is 2.46. The normalized spacial score (nSPS) is 20.3. The van der Waals surface area contributed by atoms with Gasteiger partial charge in [-0.25, -0.2) is 0 Å². The minimum absolute atomic E-state index is 0.283. The predicted octanol–water partition coefficient (Wildman–Crippen LogP) is 1.96. The molecule has 15 heavy (non-hydrogen) atoms. The van der Waals surface area contributed by atoms with E-state index < -0.39 is 10.1 Å². The van der Waals surface area contributed by atoms with Crippen LogP contribution in [0.2, 0.25) is 0 Å². The molecule has 0 radical (unpaired) electrons. The zero-order valence-corrected chi connectivity index (χ0v) is 9.67. The average molecular weight is 226 g/mol. The van der Waals surface area contributed by atoms with E-state index in [0.717, 1.165) is 30.2 Å². The van der Waals surface area contributed by atoms with Crippen molar-refractivity contribution in [2.75, 3.05) is 6.26 Å². The molecule has 1 unspecified atom stereocenters. The summed E-state index contributed by atoms with van der Waals surface area (Å²) in [5.74, 6) is 0. The molecule has 0 fully saturated rings. The number of hydrogen-bond donors (Lipinski definition) is 0. The number of benzene rings is 1. The minimum atomic E-state index is -3.36. The molecule has 1 atom stereocenters. The van der Waals surface area contributed by atoms with Gasteiger partial charge in [0.15, 0.2) is 0 Å². The molecule has 1 aliphatic carbocycles. The molecule has 0 spiro atoms. The van der Waals surface area contributed by atoms with Crippen molar-refractivity contribution in [3.63, 3.8) is 0 Å². The van der Waals surface area contributed by atoms with Crippen LogP contribution in [0.4, 0.5) is 0 Å². The van der Waals surface area contributed by atoms with Gasteiger partial charge in [-0.1, -0.05) is 23.8 Å². The van der Waals surface area contributed by atoms with Gasteiger partial charge in [-0.15, -0.1) is 0 Å². The van der Waals surface area contributed by atoms with Crippen LogP contribution in [0.5, 0.6) is 0 Å². The van der Waals surface area contributed by atoms with Crippen LogP contribution in [0.25, 0.3) is 0 Å². The van der Waals surface area contributed by atoms with Gasteiger partial charge in [0.1, 0.15) is 6.10 Å². The highest BCUT2D eigenvalue weighted by atomic mass is 32.2. The predicted molar refractivity (Wildman–Crippen MR) is 58.2 cm³/mol. The summed E-state index contributed by atoms with van der Waals surface area (Å²) in [5, 5.41) is 0. The lowest BCUT2D eigenvalue weighted by Gasteiger charge is -2.11. The Hall–Kier alpha value is -0.870. The standard InChI is InChI=1S/C11H14O3S/c1-8-3-4-9-5-6-11(10(9)7-8)14-15(2,12)13/h3-4,7,11H,5-6H2,1-2H3. The van der Waals surface area contributed by atoms with E-state index >= 15 is 0 Å². The fourth-order valence-electron chi connectivity index (χ4n) is 1.99. The minimum Gasteiger partial charge on any atom is -0.262 e. The van der Waals surface area contributed by atoms with E-state index in [9.17, 15) is 8.42 Å². The fraction of sp³-hybridized carbons (Fsp3) is 0.455. The number of hydrogen-bond acceptors (Lipinski definition) is 3. The fourth-order valence-corrected chi connectivity index (χ4v) is 2.62. The lowest BCUT2D eigenvalue weighted by Crippen LogP contribution is -2.07. The lowest BCUT2D eigenvalue weighted by molar-refractivity contribution is 0.217. The molecule has 0 amide bonds. The molecule has 0 saturated carbocycles. The lowest BCUT2D eigenvalue weighted by atomic mass is 10.1. The second kappa shape index (κ2) is 3.61. The molecular formula is C11H14O3S. The second-order valence-electron chi connectivity index (χ2n) is 4.03. The number of aryl methyl sites for hydroxylation is 2. The van der Waals surface area contributed by atoms with Gasteiger partial charge in [-0.2, -0.15) is 8.42 Å². The van der Waals surface area contributed by atoms with Crippen LogP contribution < -0.4 is 0 Å². The Morgan fingerprint density at radius 1 is 1.40 bits per heavy atom. The molecule has 1 aromatic rings. The first-order valence-corrected chi connectivity index (χ1v) is 6.75. The molecule has 0 heterocycles. The van der Waals surface area contributed by atoms with Gasteiger partial charge in [-0.05, 0) is 30.9 Å². The van der Waals surface area contributed by atoms with Crippen molar-refractivity contribution in [2.24, 2.45) is 0 Å². The Morgan fingerprint density at radius 3 is 2.80 bits per heavy atom. The van der Waals surface area contributed by atoms with Gasteiger partial charge in [0.05, 0.1) is 6.26 Å². The van der Waals surface area contributed by atoms with Crippen LogP contribution in [0.3, 0.4) is 0 Å². The second-order valence-corrected chi connectivity index (χ2v) is 5.63. The van der Waals surface area contributed by atoms with Crippen LogP contribution in [0, 0.1) is 6.92 Å². The van der Waals surface area contributed by atoms with Crippen LogP contribution in [-0.4, -0.2) is 14.7 Å². The van der Waals surface area contributed by atoms with E-state index in [-0.39, 0.29) is 6.10 Å². The van der Waals surface area contributed by atoms with Crippen molar-refractivity contribution in [3.8, 4) is 0 Å². The molecular weight excluding hydrogens is 212 g/mol. The topological polar surface area (TPSA) is 43.4 Å². The molecule has 4 heteroatoms. The van der Waals surface area contributed by atoms with Gasteiger partial charge in [0, 0.05) is 0 Å². The van der Waals surface area contributed by atoms with Crippen LogP contribution in [0.1, 0.15) is 29.2 Å². The molecule has 0 bridgehead atoms. The van der Waals surface area contributed by atoms with Gasteiger partial charge in [0.25, 0.3) is 10.1 Å². The summed E-state index contributed by atoms with van der Waals surface area (Å²) in [6.45, 7) is 2.00. The first-order chi connectivity index (χ1) is 6.96. The summed E-state index contributed by atoms with van der Waals surface area (Å²) in [6, 6.07) is 6.11. The van der Waals surface area contributed by atoms with Gasteiger partial charge in [-0.3, -0.25) is 4.18 Å². The van der Waals surface area contributed by atoms with Crippen molar-refractivity contribution in [1.29, 1.82) is 0 Å². The maximum atomic E-state index is 11.1. The maximum Gasteiger partial charge on any atom is 0.264 e. The highest BCUT2D eigenvalue weighted by molar-refractivity contribution is 7.86.